The average molecular weight is 406 g/mol. The van der Waals surface area contributed by atoms with Gasteiger partial charge >= 0.3 is 0 Å². The van der Waals surface area contributed by atoms with Gasteiger partial charge in [0, 0.05) is 11.1 Å². The monoisotopic (exact) mass is 405 g/mol. The van der Waals surface area contributed by atoms with E-state index in [4.69, 9.17) is 10.5 Å². The number of aryl methyl sites for hydroxylation is 2. The molecule has 0 unspecified atom stereocenters. The number of ether oxygens (including phenoxy) is 1. The third-order valence-corrected chi connectivity index (χ3v) is 5.21. The topological polar surface area (TPSA) is 71.9 Å². The highest BCUT2D eigenvalue weighted by Crippen LogP contribution is 2.34. The normalized spacial score (nSPS) is 10.5. The quantitative estimate of drug-likeness (QED) is 0.438. The van der Waals surface area contributed by atoms with Crippen molar-refractivity contribution in [2.45, 2.75) is 20.5 Å². The van der Waals surface area contributed by atoms with E-state index in [-0.39, 0.29) is 5.82 Å². The van der Waals surface area contributed by atoms with Crippen molar-refractivity contribution < 1.29 is 4.74 Å². The van der Waals surface area contributed by atoms with Crippen molar-refractivity contribution in [2.75, 3.05) is 5.73 Å². The van der Waals surface area contributed by atoms with E-state index in [1.165, 1.54) is 5.56 Å². The van der Waals surface area contributed by atoms with E-state index in [1.807, 2.05) is 66.7 Å². The van der Waals surface area contributed by atoms with Gasteiger partial charge in [0.2, 0.25) is 0 Å². The predicted octanol–water partition coefficient (Wildman–Crippen LogP) is 6.07. The van der Waals surface area contributed by atoms with Crippen molar-refractivity contribution in [3.8, 4) is 34.2 Å². The number of nitrogens with zero attached hydrogens (tertiary/aromatic N) is 2. The van der Waals surface area contributed by atoms with Gasteiger partial charge in [-0.25, -0.2) is 4.98 Å². The van der Waals surface area contributed by atoms with Crippen LogP contribution in [0.3, 0.4) is 0 Å². The third-order valence-electron chi connectivity index (χ3n) is 5.21. The number of aromatic nitrogens is 1. The summed E-state index contributed by atoms with van der Waals surface area (Å²) in [6, 6.07) is 28.1. The van der Waals surface area contributed by atoms with Crippen LogP contribution < -0.4 is 10.5 Å². The summed E-state index contributed by atoms with van der Waals surface area (Å²) in [5.41, 5.74) is 13.3. The lowest BCUT2D eigenvalue weighted by Crippen LogP contribution is -2.01. The number of hydrogen-bond acceptors (Lipinski definition) is 4. The van der Waals surface area contributed by atoms with Crippen LogP contribution in [0.5, 0.6) is 5.75 Å². The first-order chi connectivity index (χ1) is 15.0. The first-order valence-electron chi connectivity index (χ1n) is 10.1. The molecule has 0 bridgehead atoms. The van der Waals surface area contributed by atoms with Gasteiger partial charge in [-0.2, -0.15) is 5.26 Å². The molecule has 152 valence electrons. The molecule has 1 aromatic heterocycles. The van der Waals surface area contributed by atoms with Crippen molar-refractivity contribution in [3.05, 3.63) is 101 Å². The van der Waals surface area contributed by atoms with Gasteiger partial charge in [0.05, 0.1) is 5.69 Å². The molecule has 0 atom stereocenters. The molecule has 31 heavy (non-hydrogen) atoms. The van der Waals surface area contributed by atoms with E-state index in [0.29, 0.717) is 12.2 Å². The first-order valence-corrected chi connectivity index (χ1v) is 10.1. The van der Waals surface area contributed by atoms with Crippen LogP contribution in [0, 0.1) is 25.2 Å². The molecule has 4 aromatic rings. The lowest BCUT2D eigenvalue weighted by molar-refractivity contribution is 0.306. The van der Waals surface area contributed by atoms with Gasteiger partial charge in [0.1, 0.15) is 29.8 Å². The molecular formula is C27H23N3O. The highest BCUT2D eigenvalue weighted by Gasteiger charge is 2.15. The number of nitrogens with two attached hydrogens (primary N) is 1. The zero-order valence-corrected chi connectivity index (χ0v) is 17.6. The number of rotatable bonds is 5. The van der Waals surface area contributed by atoms with E-state index < -0.39 is 0 Å². The lowest BCUT2D eigenvalue weighted by Gasteiger charge is -2.13. The summed E-state index contributed by atoms with van der Waals surface area (Å²) in [4.78, 5) is 4.51. The Morgan fingerprint density at radius 3 is 2.45 bits per heavy atom. The van der Waals surface area contributed by atoms with Crippen molar-refractivity contribution in [3.63, 3.8) is 0 Å². The summed E-state index contributed by atoms with van der Waals surface area (Å²) in [5.74, 6) is 0.958. The molecule has 2 N–H and O–H groups in total. The molecule has 1 heterocycles. The van der Waals surface area contributed by atoms with Gasteiger partial charge in [0.25, 0.3) is 0 Å². The molecule has 0 aliphatic carbocycles. The first kappa shape index (κ1) is 20.2. The summed E-state index contributed by atoms with van der Waals surface area (Å²) < 4.78 is 5.98. The van der Waals surface area contributed by atoms with Crippen LogP contribution in [0.15, 0.2) is 78.9 Å². The third kappa shape index (κ3) is 4.41. The minimum absolute atomic E-state index is 0.227. The molecule has 0 aliphatic heterocycles. The number of hydrogen-bond donors (Lipinski definition) is 1. The molecule has 0 spiro atoms. The Labute approximate surface area is 182 Å². The highest BCUT2D eigenvalue weighted by atomic mass is 16.5. The molecule has 0 saturated heterocycles. The smallest absolute Gasteiger partial charge is 0.142 e. The molecule has 3 aromatic carbocycles. The molecule has 4 rings (SSSR count). The van der Waals surface area contributed by atoms with E-state index in [0.717, 1.165) is 39.3 Å². The second kappa shape index (κ2) is 8.73. The fraction of sp³-hybridized carbons (Fsp3) is 0.111. The van der Waals surface area contributed by atoms with Crippen LogP contribution in [0.25, 0.3) is 22.4 Å². The molecular weight excluding hydrogens is 382 g/mol. The number of pyridine rings is 1. The van der Waals surface area contributed by atoms with Gasteiger partial charge in [-0.1, -0.05) is 66.2 Å². The zero-order chi connectivity index (χ0) is 21.8. The Balaban J connectivity index is 1.73. The maximum absolute atomic E-state index is 9.73. The average Bonchev–Trinajstić information content (AvgIpc) is 2.78. The molecule has 0 fully saturated rings. The fourth-order valence-corrected chi connectivity index (χ4v) is 3.64. The van der Waals surface area contributed by atoms with Gasteiger partial charge in [0.15, 0.2) is 0 Å². The van der Waals surface area contributed by atoms with Crippen LogP contribution in [0.4, 0.5) is 5.82 Å². The number of anilines is 1. The van der Waals surface area contributed by atoms with Gasteiger partial charge in [-0.05, 0) is 48.7 Å². The Morgan fingerprint density at radius 1 is 0.903 bits per heavy atom. The van der Waals surface area contributed by atoms with Gasteiger partial charge in [-0.3, -0.25) is 0 Å². The maximum atomic E-state index is 9.73. The molecule has 0 amide bonds. The van der Waals surface area contributed by atoms with Crippen molar-refractivity contribution in [1.29, 1.82) is 5.26 Å². The summed E-state index contributed by atoms with van der Waals surface area (Å²) >= 11 is 0. The molecule has 0 radical (unpaired) electrons. The van der Waals surface area contributed by atoms with Crippen LogP contribution in [0.1, 0.15) is 22.3 Å². The Bertz CT molecular complexity index is 1270. The predicted molar refractivity (Wildman–Crippen MR) is 124 cm³/mol. The minimum atomic E-state index is 0.227. The lowest BCUT2D eigenvalue weighted by atomic mass is 9.96. The second-order valence-electron chi connectivity index (χ2n) is 7.55. The molecule has 0 aliphatic rings. The summed E-state index contributed by atoms with van der Waals surface area (Å²) in [5, 5.41) is 9.73. The Morgan fingerprint density at radius 2 is 1.71 bits per heavy atom. The zero-order valence-electron chi connectivity index (χ0n) is 17.6. The number of benzene rings is 3. The Hall–Kier alpha value is -4.10. The van der Waals surface area contributed by atoms with Crippen LogP contribution >= 0.6 is 0 Å². The SMILES string of the molecule is Cc1ccc(-c2cc(-c3cccc(OCc4ccccc4)c3)c(C#N)c(N)n2)c(C)c1. The minimum Gasteiger partial charge on any atom is -0.489 e. The van der Waals surface area contributed by atoms with Crippen LogP contribution in [-0.4, -0.2) is 4.98 Å². The summed E-state index contributed by atoms with van der Waals surface area (Å²) in [6.07, 6.45) is 0. The van der Waals surface area contributed by atoms with E-state index >= 15 is 0 Å². The van der Waals surface area contributed by atoms with E-state index in [1.54, 1.807) is 0 Å². The number of nitrogen functional groups attached to an aromatic ring is 1. The van der Waals surface area contributed by atoms with E-state index in [9.17, 15) is 5.26 Å². The fourth-order valence-electron chi connectivity index (χ4n) is 3.64. The van der Waals surface area contributed by atoms with Crippen molar-refractivity contribution in [2.24, 2.45) is 0 Å². The standard InChI is InChI=1S/C27H23N3O/c1-18-11-12-23(19(2)13-18)26-15-24(25(16-28)27(29)30-26)21-9-6-10-22(14-21)31-17-20-7-4-3-5-8-20/h3-15H,17H2,1-2H3,(H2,29,30). The van der Waals surface area contributed by atoms with Gasteiger partial charge < -0.3 is 10.5 Å². The number of nitriles is 1. The molecule has 4 heteroatoms. The van der Waals surface area contributed by atoms with Gasteiger partial charge in [-0.15, -0.1) is 0 Å². The Kier molecular flexibility index (Phi) is 5.68. The highest BCUT2D eigenvalue weighted by molar-refractivity contribution is 5.81. The maximum Gasteiger partial charge on any atom is 0.142 e. The van der Waals surface area contributed by atoms with Crippen molar-refractivity contribution >= 4 is 5.82 Å². The molecule has 0 saturated carbocycles. The largest absolute Gasteiger partial charge is 0.489 e. The molecule has 4 nitrogen and oxygen atoms in total. The second-order valence-corrected chi connectivity index (χ2v) is 7.55. The van der Waals surface area contributed by atoms with Crippen molar-refractivity contribution in [1.82, 2.24) is 4.98 Å². The summed E-state index contributed by atoms with van der Waals surface area (Å²) in [7, 11) is 0. The summed E-state index contributed by atoms with van der Waals surface area (Å²) in [6.45, 7) is 4.58. The van der Waals surface area contributed by atoms with Crippen LogP contribution in [0.2, 0.25) is 0 Å². The van der Waals surface area contributed by atoms with E-state index in [2.05, 4.69) is 37.0 Å². The van der Waals surface area contributed by atoms with Crippen LogP contribution in [-0.2, 0) is 6.61 Å².